The van der Waals surface area contributed by atoms with E-state index in [0.29, 0.717) is 0 Å². The topological polar surface area (TPSA) is 385 Å². The van der Waals surface area contributed by atoms with Crippen LogP contribution < -0.4 is 0 Å². The molecule has 0 aromatic rings. The van der Waals surface area contributed by atoms with Crippen molar-refractivity contribution in [1.29, 1.82) is 0 Å². The van der Waals surface area contributed by atoms with E-state index in [1.54, 1.807) is 0 Å². The first-order valence-electron chi connectivity index (χ1n) is 6.77. The number of phosphoric ester groups is 4. The summed E-state index contributed by atoms with van der Waals surface area (Å²) >= 11 is 0. The minimum Gasteiger partial charge on any atom is -0.393 e. The van der Waals surface area contributed by atoms with Gasteiger partial charge in [0.1, 0.15) is 6.10 Å². The van der Waals surface area contributed by atoms with E-state index in [-0.39, 0.29) is 0 Å². The molecular formula is C6H16O22P4. The van der Waals surface area contributed by atoms with Gasteiger partial charge in [0, 0.05) is 0 Å². The van der Waals surface area contributed by atoms with Crippen LogP contribution in [0.15, 0.2) is 0 Å². The summed E-state index contributed by atoms with van der Waals surface area (Å²) in [4.78, 5) is 82.4. The fourth-order valence-corrected chi connectivity index (χ4v) is 3.86. The highest BCUT2D eigenvalue weighted by molar-refractivity contribution is 7.47. The molecule has 4 atom stereocenters. The van der Waals surface area contributed by atoms with Crippen LogP contribution in [0.3, 0.4) is 0 Å². The predicted octanol–water partition coefficient (Wildman–Crippen LogP) is -5.63. The van der Waals surface area contributed by atoms with E-state index < -0.39 is 67.3 Å². The Kier molecular flexibility index (Phi) is 9.70. The van der Waals surface area contributed by atoms with Crippen LogP contribution in [0.5, 0.6) is 0 Å². The second-order valence-electron chi connectivity index (χ2n) is 5.30. The van der Waals surface area contributed by atoms with Gasteiger partial charge in [-0.05, 0) is 0 Å². The van der Waals surface area contributed by atoms with Crippen molar-refractivity contribution in [3.63, 3.8) is 0 Å². The standard InChI is InChI=1S/C6H16O22P4/c7-1-2(8)4(10,26-30(16,17)18)6(12,28-32(22,23)24)5(11,27-31(19,20)21)3(9)25-29(13,14)15/h2,7-8,10-12H,1H2,(H2,13,14,15)(H2,16,17,18)(H2,19,20,21)(H2,22,23,24)/t2-,4-,5-,6-/m1/s1. The SMILES string of the molecule is O=C(OP(=O)(O)O)[C@@](O)(OP(=O)(O)O)[C@](O)(OP(=O)(O)O)[C@](O)(OP(=O)(O)O)[C@H](O)CO. The highest BCUT2D eigenvalue weighted by atomic mass is 31.2. The Bertz CT molecular complexity index is 875. The smallest absolute Gasteiger partial charge is 0.393 e. The lowest BCUT2D eigenvalue weighted by atomic mass is 9.92. The predicted molar refractivity (Wildman–Crippen MR) is 85.5 cm³/mol. The Hall–Kier alpha value is -0.250. The summed E-state index contributed by atoms with van der Waals surface area (Å²) in [6.07, 6.45) is -3.53. The third kappa shape index (κ3) is 8.20. The Morgan fingerprint density at radius 2 is 1.09 bits per heavy atom. The van der Waals surface area contributed by atoms with Crippen molar-refractivity contribution in [2.75, 3.05) is 6.61 Å². The highest BCUT2D eigenvalue weighted by Crippen LogP contribution is 2.58. The monoisotopic (exact) mass is 564 g/mol. The Morgan fingerprint density at radius 1 is 0.719 bits per heavy atom. The molecule has 0 aromatic heterocycles. The molecule has 0 spiro atoms. The number of hydrogen-bond donors (Lipinski definition) is 13. The summed E-state index contributed by atoms with van der Waals surface area (Å²) in [5, 5.41) is 49.4. The maximum Gasteiger partial charge on any atom is 0.527 e. The molecule has 0 rings (SSSR count). The van der Waals surface area contributed by atoms with Gasteiger partial charge in [-0.1, -0.05) is 0 Å². The molecule has 0 aliphatic carbocycles. The number of rotatable bonds is 12. The normalized spacial score (nSPS) is 20.5. The van der Waals surface area contributed by atoms with E-state index in [0.717, 1.165) is 0 Å². The first kappa shape index (κ1) is 31.8. The Labute approximate surface area is 174 Å². The highest BCUT2D eigenvalue weighted by Gasteiger charge is 2.78. The van der Waals surface area contributed by atoms with Gasteiger partial charge >= 0.3 is 48.8 Å². The molecule has 0 radical (unpaired) electrons. The van der Waals surface area contributed by atoms with E-state index in [9.17, 15) is 43.5 Å². The fraction of sp³-hybridized carbons (Fsp3) is 0.833. The lowest BCUT2D eigenvalue weighted by molar-refractivity contribution is -0.439. The average Bonchev–Trinajstić information content (AvgIpc) is 2.46. The molecule has 0 aliphatic heterocycles. The molecule has 192 valence electrons. The molecule has 0 aliphatic rings. The van der Waals surface area contributed by atoms with Crippen molar-refractivity contribution >= 4 is 37.3 Å². The Morgan fingerprint density at radius 3 is 1.38 bits per heavy atom. The number of aliphatic hydroxyl groups is 5. The molecule has 0 saturated carbocycles. The Balaban J connectivity index is 7.48. The van der Waals surface area contributed by atoms with Gasteiger partial charge < -0.3 is 59.4 Å². The quantitative estimate of drug-likeness (QED) is 0.0775. The third-order valence-electron chi connectivity index (χ3n) is 2.81. The molecule has 22 nitrogen and oxygen atoms in total. The molecule has 0 amide bonds. The van der Waals surface area contributed by atoms with Crippen LogP contribution >= 0.6 is 31.3 Å². The van der Waals surface area contributed by atoms with Gasteiger partial charge in [0.15, 0.2) is 0 Å². The van der Waals surface area contributed by atoms with E-state index in [1.165, 1.54) is 0 Å². The summed E-state index contributed by atoms with van der Waals surface area (Å²) in [5.74, 6) is -19.6. The maximum absolute atomic E-state index is 12.0. The molecule has 0 aromatic carbocycles. The molecule has 13 N–H and O–H groups in total. The van der Waals surface area contributed by atoms with Crippen LogP contribution in [0.4, 0.5) is 0 Å². The number of phosphoric acid groups is 4. The van der Waals surface area contributed by atoms with E-state index in [2.05, 4.69) is 18.1 Å². The van der Waals surface area contributed by atoms with Crippen molar-refractivity contribution < 1.29 is 106 Å². The fourth-order valence-electron chi connectivity index (χ4n) is 1.78. The summed E-state index contributed by atoms with van der Waals surface area (Å²) < 4.78 is 57.6. The van der Waals surface area contributed by atoms with E-state index in [4.69, 9.17) is 44.3 Å². The van der Waals surface area contributed by atoms with Crippen molar-refractivity contribution in [2.45, 2.75) is 23.5 Å². The molecule has 0 bridgehead atoms. The van der Waals surface area contributed by atoms with Crippen LogP contribution in [0, 0.1) is 0 Å². The van der Waals surface area contributed by atoms with Crippen LogP contribution in [0.2, 0.25) is 0 Å². The van der Waals surface area contributed by atoms with Crippen LogP contribution in [0.1, 0.15) is 0 Å². The largest absolute Gasteiger partial charge is 0.527 e. The molecule has 0 heterocycles. The van der Waals surface area contributed by atoms with Gasteiger partial charge in [0.25, 0.3) is 5.79 Å². The van der Waals surface area contributed by atoms with Crippen molar-refractivity contribution in [3.05, 3.63) is 0 Å². The molecule has 0 fully saturated rings. The zero-order valence-electron chi connectivity index (χ0n) is 14.6. The minimum absolute atomic E-state index is 2.07. The van der Waals surface area contributed by atoms with Gasteiger partial charge in [0.2, 0.25) is 0 Å². The number of carbonyl (C=O) groups excluding carboxylic acids is 1. The van der Waals surface area contributed by atoms with Crippen molar-refractivity contribution in [1.82, 2.24) is 0 Å². The van der Waals surface area contributed by atoms with Gasteiger partial charge in [-0.25, -0.2) is 36.6 Å². The minimum atomic E-state index is -6.58. The summed E-state index contributed by atoms with van der Waals surface area (Å²) in [7, 11) is -25.7. The van der Waals surface area contributed by atoms with Crippen LogP contribution in [-0.2, 0) is 41.1 Å². The average molecular weight is 564 g/mol. The van der Waals surface area contributed by atoms with Crippen molar-refractivity contribution in [3.8, 4) is 0 Å². The second kappa shape index (κ2) is 9.78. The zero-order chi connectivity index (χ0) is 26.2. The molecule has 32 heavy (non-hydrogen) atoms. The third-order valence-corrected chi connectivity index (χ3v) is 4.73. The van der Waals surface area contributed by atoms with Gasteiger partial charge in [-0.3, -0.25) is 9.79 Å². The van der Waals surface area contributed by atoms with Gasteiger partial charge in [-0.2, -0.15) is 0 Å². The summed E-state index contributed by atoms with van der Waals surface area (Å²) in [6, 6.07) is 0. The number of carbonyl (C=O) groups is 1. The molecular weight excluding hydrogens is 548 g/mol. The second-order valence-corrected chi connectivity index (χ2v) is 9.95. The van der Waals surface area contributed by atoms with E-state index >= 15 is 0 Å². The zero-order valence-corrected chi connectivity index (χ0v) is 18.1. The number of aliphatic hydroxyl groups excluding tert-OH is 2. The lowest BCUT2D eigenvalue weighted by Gasteiger charge is -2.48. The summed E-state index contributed by atoms with van der Waals surface area (Å²) in [6.45, 7) is -2.07. The maximum atomic E-state index is 12.0. The van der Waals surface area contributed by atoms with Crippen molar-refractivity contribution in [2.24, 2.45) is 0 Å². The van der Waals surface area contributed by atoms with Gasteiger partial charge in [0.05, 0.1) is 6.61 Å². The van der Waals surface area contributed by atoms with Crippen LogP contribution in [0.25, 0.3) is 0 Å². The van der Waals surface area contributed by atoms with Gasteiger partial charge in [-0.15, -0.1) is 0 Å². The molecule has 26 heteroatoms. The number of hydrogen-bond acceptors (Lipinski definition) is 14. The molecule has 0 unspecified atom stereocenters. The summed E-state index contributed by atoms with van der Waals surface area (Å²) in [5.41, 5.74) is 0. The van der Waals surface area contributed by atoms with Crippen LogP contribution in [-0.4, -0.2) is 101 Å². The lowest BCUT2D eigenvalue weighted by Crippen LogP contribution is -2.76. The first-order chi connectivity index (χ1) is 13.7. The molecule has 0 saturated heterocycles. The van der Waals surface area contributed by atoms with E-state index in [1.807, 2.05) is 0 Å². The first-order valence-corrected chi connectivity index (χ1v) is 12.9.